The number of furan rings is 1. The van der Waals surface area contributed by atoms with Gasteiger partial charge in [-0.1, -0.05) is 27.2 Å². The van der Waals surface area contributed by atoms with Crippen LogP contribution in [0.3, 0.4) is 0 Å². The van der Waals surface area contributed by atoms with Gasteiger partial charge in [0.15, 0.2) is 0 Å². The van der Waals surface area contributed by atoms with Crippen LogP contribution in [0.25, 0.3) is 0 Å². The first kappa shape index (κ1) is 11.3. The maximum Gasteiger partial charge on any atom is 0.105 e. The Labute approximate surface area is 86.7 Å². The van der Waals surface area contributed by atoms with Crippen molar-refractivity contribution in [1.82, 2.24) is 5.32 Å². The molecule has 1 N–H and O–H groups in total. The molecule has 0 amide bonds. The van der Waals surface area contributed by atoms with Crippen LogP contribution >= 0.6 is 0 Å². The molecule has 0 bridgehead atoms. The molecule has 2 heteroatoms. The third kappa shape index (κ3) is 2.38. The van der Waals surface area contributed by atoms with Gasteiger partial charge in [-0.25, -0.2) is 0 Å². The van der Waals surface area contributed by atoms with E-state index in [1.165, 1.54) is 12.0 Å². The van der Waals surface area contributed by atoms with Gasteiger partial charge in [-0.15, -0.1) is 0 Å². The molecule has 14 heavy (non-hydrogen) atoms. The molecule has 1 rings (SSSR count). The highest BCUT2D eigenvalue weighted by molar-refractivity contribution is 5.20. The van der Waals surface area contributed by atoms with Gasteiger partial charge in [-0.3, -0.25) is 0 Å². The molecule has 0 saturated carbocycles. The van der Waals surface area contributed by atoms with Crippen LogP contribution in [0.4, 0.5) is 0 Å². The Morgan fingerprint density at radius 3 is 2.57 bits per heavy atom. The van der Waals surface area contributed by atoms with Gasteiger partial charge in [-0.05, 0) is 25.5 Å². The summed E-state index contributed by atoms with van der Waals surface area (Å²) in [5, 5.41) is 3.52. The molecular formula is C12H21NO. The highest BCUT2D eigenvalue weighted by atomic mass is 16.3. The molecule has 2 atom stereocenters. The summed E-state index contributed by atoms with van der Waals surface area (Å²) >= 11 is 0. The van der Waals surface area contributed by atoms with Crippen LogP contribution < -0.4 is 5.32 Å². The average molecular weight is 195 g/mol. The first-order valence-electron chi connectivity index (χ1n) is 5.48. The molecule has 80 valence electrons. The monoisotopic (exact) mass is 195 g/mol. The van der Waals surface area contributed by atoms with Crippen molar-refractivity contribution in [2.75, 3.05) is 6.54 Å². The average Bonchev–Trinajstić information content (AvgIpc) is 2.60. The normalized spacial score (nSPS) is 15.4. The summed E-state index contributed by atoms with van der Waals surface area (Å²) in [5.74, 6) is 1.68. The molecule has 1 heterocycles. The largest absolute Gasteiger partial charge is 0.469 e. The Balaban J connectivity index is 2.82. The van der Waals surface area contributed by atoms with Crippen LogP contribution in [0.2, 0.25) is 0 Å². The molecule has 0 radical (unpaired) electrons. The molecule has 2 nitrogen and oxygen atoms in total. The van der Waals surface area contributed by atoms with E-state index >= 15 is 0 Å². The lowest BCUT2D eigenvalue weighted by Gasteiger charge is -2.23. The van der Waals surface area contributed by atoms with E-state index < -0.39 is 0 Å². The van der Waals surface area contributed by atoms with E-state index in [-0.39, 0.29) is 0 Å². The number of rotatable bonds is 5. The number of hydrogen-bond acceptors (Lipinski definition) is 2. The molecule has 0 aliphatic rings. The summed E-state index contributed by atoms with van der Waals surface area (Å²) in [6.07, 6.45) is 2.96. The van der Waals surface area contributed by atoms with Crippen LogP contribution in [0.1, 0.15) is 44.6 Å². The minimum atomic E-state index is 0.434. The lowest BCUT2D eigenvalue weighted by atomic mass is 9.93. The summed E-state index contributed by atoms with van der Waals surface area (Å²) in [7, 11) is 0. The lowest BCUT2D eigenvalue weighted by Crippen LogP contribution is -2.26. The fourth-order valence-electron chi connectivity index (χ4n) is 1.79. The fourth-order valence-corrected chi connectivity index (χ4v) is 1.79. The summed E-state index contributed by atoms with van der Waals surface area (Å²) in [5.41, 5.74) is 1.31. The lowest BCUT2D eigenvalue weighted by molar-refractivity contribution is 0.377. The maximum absolute atomic E-state index is 5.35. The zero-order valence-electron chi connectivity index (χ0n) is 9.63. The Morgan fingerprint density at radius 1 is 1.43 bits per heavy atom. The Bertz CT molecular complexity index is 267. The molecule has 0 saturated heterocycles. The van der Waals surface area contributed by atoms with Crippen LogP contribution in [-0.4, -0.2) is 6.54 Å². The highest BCUT2D eigenvalue weighted by Crippen LogP contribution is 2.27. The van der Waals surface area contributed by atoms with Crippen molar-refractivity contribution in [1.29, 1.82) is 0 Å². The first-order valence-corrected chi connectivity index (χ1v) is 5.48. The molecule has 0 aliphatic heterocycles. The summed E-state index contributed by atoms with van der Waals surface area (Å²) < 4.78 is 5.35. The SMILES string of the molecule is CCNC(c1ccoc1C)C(C)CC. The van der Waals surface area contributed by atoms with Crippen LogP contribution in [0.5, 0.6) is 0 Å². The van der Waals surface area contributed by atoms with E-state index in [4.69, 9.17) is 4.42 Å². The minimum Gasteiger partial charge on any atom is -0.469 e. The molecule has 1 aromatic heterocycles. The van der Waals surface area contributed by atoms with Crippen molar-refractivity contribution in [3.8, 4) is 0 Å². The van der Waals surface area contributed by atoms with Crippen molar-refractivity contribution in [2.45, 2.75) is 40.2 Å². The summed E-state index contributed by atoms with van der Waals surface area (Å²) in [6.45, 7) is 9.68. The van der Waals surface area contributed by atoms with E-state index in [0.29, 0.717) is 12.0 Å². The molecule has 2 unspecified atom stereocenters. The van der Waals surface area contributed by atoms with Gasteiger partial charge in [-0.2, -0.15) is 0 Å². The van der Waals surface area contributed by atoms with Gasteiger partial charge in [0.2, 0.25) is 0 Å². The third-order valence-electron chi connectivity index (χ3n) is 2.87. The highest BCUT2D eigenvalue weighted by Gasteiger charge is 2.19. The standard InChI is InChI=1S/C12H21NO/c1-5-9(3)12(13-6-2)11-7-8-14-10(11)4/h7-9,12-13H,5-6H2,1-4H3. The summed E-state index contributed by atoms with van der Waals surface area (Å²) in [6, 6.07) is 2.51. The van der Waals surface area contributed by atoms with Crippen LogP contribution in [0.15, 0.2) is 16.7 Å². The Morgan fingerprint density at radius 2 is 2.14 bits per heavy atom. The first-order chi connectivity index (χ1) is 6.70. The second kappa shape index (κ2) is 5.20. The smallest absolute Gasteiger partial charge is 0.105 e. The topological polar surface area (TPSA) is 25.2 Å². The zero-order valence-corrected chi connectivity index (χ0v) is 9.63. The second-order valence-corrected chi connectivity index (χ2v) is 3.85. The Kier molecular flexibility index (Phi) is 4.21. The van der Waals surface area contributed by atoms with Gasteiger partial charge in [0, 0.05) is 11.6 Å². The number of hydrogen-bond donors (Lipinski definition) is 1. The molecule has 1 aromatic rings. The van der Waals surface area contributed by atoms with Crippen LogP contribution in [-0.2, 0) is 0 Å². The van der Waals surface area contributed by atoms with Gasteiger partial charge in [0.25, 0.3) is 0 Å². The van der Waals surface area contributed by atoms with Crippen molar-refractivity contribution < 1.29 is 4.42 Å². The second-order valence-electron chi connectivity index (χ2n) is 3.85. The summed E-state index contributed by atoms with van der Waals surface area (Å²) in [4.78, 5) is 0. The van der Waals surface area contributed by atoms with E-state index in [0.717, 1.165) is 12.3 Å². The number of nitrogens with one attached hydrogen (secondary N) is 1. The van der Waals surface area contributed by atoms with E-state index in [1.54, 1.807) is 6.26 Å². The minimum absolute atomic E-state index is 0.434. The predicted octanol–water partition coefficient (Wildman–Crippen LogP) is 3.28. The maximum atomic E-state index is 5.35. The molecule has 0 aromatic carbocycles. The van der Waals surface area contributed by atoms with Crippen LogP contribution in [0, 0.1) is 12.8 Å². The predicted molar refractivity (Wildman–Crippen MR) is 59.3 cm³/mol. The fraction of sp³-hybridized carbons (Fsp3) is 0.667. The van der Waals surface area contributed by atoms with Crippen molar-refractivity contribution in [3.05, 3.63) is 23.7 Å². The third-order valence-corrected chi connectivity index (χ3v) is 2.87. The van der Waals surface area contributed by atoms with Crippen molar-refractivity contribution >= 4 is 0 Å². The Hall–Kier alpha value is -0.760. The molecular weight excluding hydrogens is 174 g/mol. The van der Waals surface area contributed by atoms with Gasteiger partial charge in [0.05, 0.1) is 6.26 Å². The zero-order chi connectivity index (χ0) is 10.6. The van der Waals surface area contributed by atoms with E-state index in [9.17, 15) is 0 Å². The van der Waals surface area contributed by atoms with E-state index in [1.807, 2.05) is 6.92 Å². The van der Waals surface area contributed by atoms with Crippen molar-refractivity contribution in [3.63, 3.8) is 0 Å². The molecule has 0 spiro atoms. The van der Waals surface area contributed by atoms with Crippen molar-refractivity contribution in [2.24, 2.45) is 5.92 Å². The molecule has 0 aliphatic carbocycles. The quantitative estimate of drug-likeness (QED) is 0.780. The van der Waals surface area contributed by atoms with E-state index in [2.05, 4.69) is 32.2 Å². The number of aryl methyl sites for hydroxylation is 1. The van der Waals surface area contributed by atoms with Gasteiger partial charge < -0.3 is 9.73 Å². The van der Waals surface area contributed by atoms with Gasteiger partial charge >= 0.3 is 0 Å². The molecule has 0 fully saturated rings. The van der Waals surface area contributed by atoms with Gasteiger partial charge in [0.1, 0.15) is 5.76 Å².